The van der Waals surface area contributed by atoms with Gasteiger partial charge in [-0.3, -0.25) is 4.79 Å². The van der Waals surface area contributed by atoms with E-state index >= 15 is 0 Å². The maximum absolute atomic E-state index is 13.3. The van der Waals surface area contributed by atoms with Crippen molar-refractivity contribution in [3.05, 3.63) is 41.3 Å². The van der Waals surface area contributed by atoms with E-state index in [1.54, 1.807) is 20.9 Å². The second-order valence-electron chi connectivity index (χ2n) is 6.44. The number of amides is 1. The number of likely N-dealkylation sites (N-methyl/N-ethyl adjacent to an activating group) is 1. The first-order valence-electron chi connectivity index (χ1n) is 7.99. The van der Waals surface area contributed by atoms with Crippen molar-refractivity contribution in [3.63, 3.8) is 0 Å². The number of fused-ring (bicyclic) bond motifs is 1. The molecular weight excluding hydrogens is 368 g/mol. The van der Waals surface area contributed by atoms with Gasteiger partial charge in [0.1, 0.15) is 17.6 Å². The summed E-state index contributed by atoms with van der Waals surface area (Å²) in [7, 11) is -2.16. The van der Waals surface area contributed by atoms with E-state index in [0.29, 0.717) is 0 Å². The Kier molecular flexibility index (Phi) is 4.65. The lowest BCUT2D eigenvalue weighted by molar-refractivity contribution is -0.114. The van der Waals surface area contributed by atoms with Gasteiger partial charge in [-0.05, 0) is 26.0 Å². The maximum Gasteiger partial charge on any atom is 0.275 e. The van der Waals surface area contributed by atoms with Crippen LogP contribution in [0.25, 0.3) is 0 Å². The monoisotopic (exact) mass is 387 g/mol. The molecule has 0 spiro atoms. The molecule has 2 aliphatic heterocycles. The number of sulfonamides is 1. The average molecular weight is 387 g/mol. The number of carbonyl (C=O) groups is 1. The number of halogens is 2. The van der Waals surface area contributed by atoms with Gasteiger partial charge in [0.2, 0.25) is 10.0 Å². The van der Waals surface area contributed by atoms with Crippen molar-refractivity contribution < 1.29 is 26.7 Å². The van der Waals surface area contributed by atoms with Crippen LogP contribution in [0.15, 0.2) is 29.7 Å². The molecule has 1 fully saturated rings. The molecule has 3 rings (SSSR count). The molecule has 2 aliphatic rings. The van der Waals surface area contributed by atoms with Crippen molar-refractivity contribution in [2.45, 2.75) is 31.2 Å². The van der Waals surface area contributed by atoms with Crippen molar-refractivity contribution in [1.29, 1.82) is 0 Å². The van der Waals surface area contributed by atoms with E-state index in [-0.39, 0.29) is 23.7 Å². The molecule has 0 aromatic heterocycles. The zero-order chi connectivity index (χ0) is 19.2. The second-order valence-corrected chi connectivity index (χ2v) is 8.33. The molecule has 2 N–H and O–H groups in total. The standard InChI is InChI=1S/C16H19F2N3O4S/c1-8-9(2)25-15-13(26(23,24)20-8)7-21(3)14(15)16(22)19-10-4-5-11(17)12(18)6-10/h4-6,8-9,13,20H,7H2,1-3H3,(H,19,22)/t8-,9+,13?/m1/s1. The topological polar surface area (TPSA) is 87.7 Å². The van der Waals surface area contributed by atoms with Crippen LogP contribution in [0.2, 0.25) is 0 Å². The minimum atomic E-state index is -3.73. The van der Waals surface area contributed by atoms with E-state index in [1.165, 1.54) is 11.0 Å². The molecule has 1 amide bonds. The van der Waals surface area contributed by atoms with Crippen molar-refractivity contribution in [2.75, 3.05) is 18.9 Å². The zero-order valence-corrected chi connectivity index (χ0v) is 15.2. The molecule has 7 nitrogen and oxygen atoms in total. The number of hydrogen-bond acceptors (Lipinski definition) is 5. The predicted octanol–water partition coefficient (Wildman–Crippen LogP) is 1.16. The summed E-state index contributed by atoms with van der Waals surface area (Å²) in [5, 5.41) is 1.43. The highest BCUT2D eigenvalue weighted by Gasteiger charge is 2.46. The molecule has 1 unspecified atom stereocenters. The largest absolute Gasteiger partial charge is 0.490 e. The number of nitrogens with one attached hydrogen (secondary N) is 2. The van der Waals surface area contributed by atoms with Crippen molar-refractivity contribution in [3.8, 4) is 0 Å². The van der Waals surface area contributed by atoms with Crippen LogP contribution in [0.1, 0.15) is 13.8 Å². The Bertz CT molecular complexity index is 887. The van der Waals surface area contributed by atoms with Crippen molar-refractivity contribution >= 4 is 21.6 Å². The summed E-state index contributed by atoms with van der Waals surface area (Å²) in [5.74, 6) is -2.74. The fourth-order valence-electron chi connectivity index (χ4n) is 2.92. The quantitative estimate of drug-likeness (QED) is 0.795. The number of carbonyl (C=O) groups excluding carboxylic acids is 1. The molecule has 0 radical (unpaired) electrons. The predicted molar refractivity (Wildman–Crippen MR) is 90.5 cm³/mol. The molecule has 2 heterocycles. The first-order chi connectivity index (χ1) is 12.1. The molecule has 3 atom stereocenters. The van der Waals surface area contributed by atoms with Crippen LogP contribution in [-0.4, -0.2) is 50.2 Å². The van der Waals surface area contributed by atoms with Crippen LogP contribution in [0, 0.1) is 11.6 Å². The molecule has 1 saturated heterocycles. The van der Waals surface area contributed by atoms with Gasteiger partial charge in [0.15, 0.2) is 16.9 Å². The van der Waals surface area contributed by atoms with Crippen LogP contribution in [0.3, 0.4) is 0 Å². The summed E-state index contributed by atoms with van der Waals surface area (Å²) in [5.41, 5.74) is 0.0981. The van der Waals surface area contributed by atoms with Gasteiger partial charge >= 0.3 is 0 Å². The van der Waals surface area contributed by atoms with Crippen LogP contribution in [0.5, 0.6) is 0 Å². The fourth-order valence-corrected chi connectivity index (χ4v) is 4.67. The lowest BCUT2D eigenvalue weighted by Crippen LogP contribution is -2.42. The summed E-state index contributed by atoms with van der Waals surface area (Å²) in [6.45, 7) is 3.42. The minimum absolute atomic E-state index is 0.0463. The number of benzene rings is 1. The van der Waals surface area contributed by atoms with Gasteiger partial charge in [-0.1, -0.05) is 0 Å². The zero-order valence-electron chi connectivity index (χ0n) is 14.4. The number of nitrogens with zero attached hydrogens (tertiary/aromatic N) is 1. The Labute approximate surface area is 150 Å². The van der Waals surface area contributed by atoms with E-state index in [2.05, 4.69) is 10.0 Å². The van der Waals surface area contributed by atoms with Crippen LogP contribution < -0.4 is 10.0 Å². The van der Waals surface area contributed by atoms with Gasteiger partial charge in [-0.25, -0.2) is 21.9 Å². The minimum Gasteiger partial charge on any atom is -0.490 e. The van der Waals surface area contributed by atoms with E-state index < -0.39 is 45.0 Å². The Morgan fingerprint density at radius 2 is 2.00 bits per heavy atom. The van der Waals surface area contributed by atoms with E-state index in [1.807, 2.05) is 0 Å². The normalized spacial score (nSPS) is 27.6. The summed E-state index contributed by atoms with van der Waals surface area (Å²) >= 11 is 0. The SMILES string of the molecule is C[C@@H]1OC2=C(C(=O)Nc3ccc(F)c(F)c3)N(C)CC2S(=O)(=O)N[C@@H]1C. The van der Waals surface area contributed by atoms with Crippen LogP contribution in [-0.2, 0) is 19.6 Å². The molecule has 142 valence electrons. The summed E-state index contributed by atoms with van der Waals surface area (Å²) < 4.78 is 59.7. The van der Waals surface area contributed by atoms with Crippen molar-refractivity contribution in [1.82, 2.24) is 9.62 Å². The molecule has 0 saturated carbocycles. The van der Waals surface area contributed by atoms with Gasteiger partial charge in [0.05, 0.1) is 6.04 Å². The third-order valence-corrected chi connectivity index (χ3v) is 6.29. The number of ether oxygens (including phenoxy) is 1. The first-order valence-corrected chi connectivity index (χ1v) is 9.54. The fraction of sp³-hybridized carbons (Fsp3) is 0.438. The average Bonchev–Trinajstić information content (AvgIpc) is 2.84. The highest BCUT2D eigenvalue weighted by Crippen LogP contribution is 2.32. The van der Waals surface area contributed by atoms with Crippen molar-refractivity contribution in [2.24, 2.45) is 0 Å². The smallest absolute Gasteiger partial charge is 0.275 e. The second kappa shape index (κ2) is 6.51. The van der Waals surface area contributed by atoms with Crippen LogP contribution in [0.4, 0.5) is 14.5 Å². The first kappa shape index (κ1) is 18.6. The van der Waals surface area contributed by atoms with Crippen LogP contribution >= 0.6 is 0 Å². The lowest BCUT2D eigenvalue weighted by Gasteiger charge is -2.20. The highest BCUT2D eigenvalue weighted by atomic mass is 32.2. The van der Waals surface area contributed by atoms with E-state index in [0.717, 1.165) is 12.1 Å². The molecule has 10 heteroatoms. The third-order valence-electron chi connectivity index (χ3n) is 4.48. The molecular formula is C16H19F2N3O4S. The Hall–Kier alpha value is -2.20. The van der Waals surface area contributed by atoms with Gasteiger partial charge in [0, 0.05) is 25.3 Å². The third kappa shape index (κ3) is 3.26. The summed E-state index contributed by atoms with van der Waals surface area (Å²) in [6.07, 6.45) is -0.484. The molecule has 0 bridgehead atoms. The van der Waals surface area contributed by atoms with Gasteiger partial charge in [0.25, 0.3) is 5.91 Å². The Morgan fingerprint density at radius 3 is 2.65 bits per heavy atom. The molecule has 1 aromatic rings. The number of hydrogen-bond donors (Lipinski definition) is 2. The Balaban J connectivity index is 1.97. The summed E-state index contributed by atoms with van der Waals surface area (Å²) in [4.78, 5) is 14.1. The molecule has 0 aliphatic carbocycles. The number of anilines is 1. The van der Waals surface area contributed by atoms with E-state index in [9.17, 15) is 22.0 Å². The van der Waals surface area contributed by atoms with Gasteiger partial charge < -0.3 is 15.0 Å². The number of rotatable bonds is 2. The van der Waals surface area contributed by atoms with Gasteiger partial charge in [-0.2, -0.15) is 0 Å². The maximum atomic E-state index is 13.3. The Morgan fingerprint density at radius 1 is 1.31 bits per heavy atom. The highest BCUT2D eigenvalue weighted by molar-refractivity contribution is 7.90. The lowest BCUT2D eigenvalue weighted by atomic mass is 10.2. The van der Waals surface area contributed by atoms with E-state index in [4.69, 9.17) is 4.74 Å². The van der Waals surface area contributed by atoms with Gasteiger partial charge in [-0.15, -0.1) is 0 Å². The molecule has 1 aromatic carbocycles. The molecule has 26 heavy (non-hydrogen) atoms. The summed E-state index contributed by atoms with van der Waals surface area (Å²) in [6, 6.07) is 2.50.